The quantitative estimate of drug-likeness (QED) is 0.581. The van der Waals surface area contributed by atoms with Gasteiger partial charge in [0.25, 0.3) is 5.78 Å². The first-order valence-electron chi connectivity index (χ1n) is 9.32. The normalized spacial score (nSPS) is 10.7. The van der Waals surface area contributed by atoms with Gasteiger partial charge in [-0.2, -0.15) is 10.1 Å². The smallest absolute Gasteiger partial charge is 0.344 e. The molecule has 0 bridgehead atoms. The van der Waals surface area contributed by atoms with Crippen molar-refractivity contribution < 1.29 is 19.1 Å². The Labute approximate surface area is 168 Å². The average molecular weight is 397 g/mol. The van der Waals surface area contributed by atoms with Crippen molar-refractivity contribution in [1.82, 2.24) is 19.6 Å². The van der Waals surface area contributed by atoms with Gasteiger partial charge in [0.15, 0.2) is 6.61 Å². The van der Waals surface area contributed by atoms with Crippen LogP contribution in [0, 0.1) is 13.8 Å². The Morgan fingerprint density at radius 2 is 2.07 bits per heavy atom. The number of hydrogen-bond acceptors (Lipinski definition) is 7. The van der Waals surface area contributed by atoms with Gasteiger partial charge < -0.3 is 14.8 Å². The van der Waals surface area contributed by atoms with Gasteiger partial charge in [-0.05, 0) is 44.9 Å². The zero-order valence-corrected chi connectivity index (χ0v) is 16.6. The third kappa shape index (κ3) is 5.07. The summed E-state index contributed by atoms with van der Waals surface area (Å²) in [6, 6.07) is 6.87. The molecule has 0 atom stereocenters. The Bertz CT molecular complexity index is 1030. The van der Waals surface area contributed by atoms with Gasteiger partial charge in [-0.3, -0.25) is 4.79 Å². The number of carbonyl (C=O) groups excluding carboxylic acids is 2. The van der Waals surface area contributed by atoms with E-state index in [2.05, 4.69) is 20.4 Å². The Morgan fingerprint density at radius 1 is 1.24 bits per heavy atom. The van der Waals surface area contributed by atoms with Crippen LogP contribution in [0.4, 0.5) is 5.69 Å². The number of aromatic nitrogens is 4. The minimum absolute atomic E-state index is 0.134. The second-order valence-electron chi connectivity index (χ2n) is 6.40. The molecule has 0 aliphatic heterocycles. The maximum atomic E-state index is 12.4. The van der Waals surface area contributed by atoms with Crippen LogP contribution in [-0.2, 0) is 20.7 Å². The van der Waals surface area contributed by atoms with E-state index < -0.39 is 5.97 Å². The highest BCUT2D eigenvalue weighted by Gasteiger charge is 2.13. The molecule has 0 radical (unpaired) electrons. The van der Waals surface area contributed by atoms with Gasteiger partial charge in [0.05, 0.1) is 6.61 Å². The topological polar surface area (TPSA) is 108 Å². The summed E-state index contributed by atoms with van der Waals surface area (Å²) >= 11 is 0. The summed E-state index contributed by atoms with van der Waals surface area (Å²) < 4.78 is 11.9. The number of nitrogens with zero attached hydrogens (tertiary/aromatic N) is 4. The van der Waals surface area contributed by atoms with E-state index in [9.17, 15) is 9.59 Å². The molecule has 0 saturated carbocycles. The van der Waals surface area contributed by atoms with Crippen LogP contribution in [0.25, 0.3) is 5.78 Å². The van der Waals surface area contributed by atoms with Gasteiger partial charge >= 0.3 is 5.97 Å². The third-order valence-corrected chi connectivity index (χ3v) is 4.37. The first-order valence-corrected chi connectivity index (χ1v) is 9.32. The first-order chi connectivity index (χ1) is 14.0. The predicted octanol–water partition coefficient (Wildman–Crippen LogP) is 2.25. The lowest BCUT2D eigenvalue weighted by Crippen LogP contribution is -2.15. The van der Waals surface area contributed by atoms with Gasteiger partial charge in [-0.25, -0.2) is 14.3 Å². The fourth-order valence-corrected chi connectivity index (χ4v) is 2.99. The SMILES string of the molecule is CCOC(=O)COc1cccc(NC(=O)CCc2c(C)nc3ncnn3c2C)c1. The van der Waals surface area contributed by atoms with E-state index in [0.29, 0.717) is 30.2 Å². The van der Waals surface area contributed by atoms with Crippen molar-refractivity contribution in [3.8, 4) is 5.75 Å². The number of nitrogens with one attached hydrogen (secondary N) is 1. The fraction of sp³-hybridized carbons (Fsp3) is 0.350. The van der Waals surface area contributed by atoms with Crippen molar-refractivity contribution in [2.75, 3.05) is 18.5 Å². The molecule has 0 saturated heterocycles. The fourth-order valence-electron chi connectivity index (χ4n) is 2.99. The Hall–Kier alpha value is -3.49. The number of fused-ring (bicyclic) bond motifs is 1. The molecule has 0 unspecified atom stereocenters. The summed E-state index contributed by atoms with van der Waals surface area (Å²) in [4.78, 5) is 32.3. The van der Waals surface area contributed by atoms with Gasteiger partial charge in [-0.15, -0.1) is 0 Å². The first kappa shape index (κ1) is 20.2. The molecule has 1 N–H and O–H groups in total. The molecule has 9 nitrogen and oxygen atoms in total. The van der Waals surface area contributed by atoms with E-state index in [-0.39, 0.29) is 18.9 Å². The van der Waals surface area contributed by atoms with Crippen LogP contribution < -0.4 is 10.1 Å². The lowest BCUT2D eigenvalue weighted by atomic mass is 10.1. The molecular weight excluding hydrogens is 374 g/mol. The molecule has 3 rings (SSSR count). The number of benzene rings is 1. The van der Waals surface area contributed by atoms with Crippen LogP contribution in [0.15, 0.2) is 30.6 Å². The molecule has 29 heavy (non-hydrogen) atoms. The third-order valence-electron chi connectivity index (χ3n) is 4.37. The number of esters is 1. The van der Waals surface area contributed by atoms with Crippen molar-refractivity contribution in [2.45, 2.75) is 33.6 Å². The van der Waals surface area contributed by atoms with Gasteiger partial charge in [0.1, 0.15) is 12.1 Å². The number of carbonyl (C=O) groups is 2. The molecule has 9 heteroatoms. The van der Waals surface area contributed by atoms with Crippen LogP contribution in [0.2, 0.25) is 0 Å². The van der Waals surface area contributed by atoms with Crippen LogP contribution in [0.3, 0.4) is 0 Å². The van der Waals surface area contributed by atoms with E-state index in [0.717, 1.165) is 17.0 Å². The summed E-state index contributed by atoms with van der Waals surface area (Å²) in [6.07, 6.45) is 2.28. The molecule has 2 aromatic heterocycles. The Balaban J connectivity index is 1.59. The molecule has 1 aromatic carbocycles. The molecular formula is C20H23N5O4. The van der Waals surface area contributed by atoms with Crippen molar-refractivity contribution in [3.63, 3.8) is 0 Å². The second-order valence-corrected chi connectivity index (χ2v) is 6.40. The number of ether oxygens (including phenoxy) is 2. The van der Waals surface area contributed by atoms with Crippen LogP contribution in [0.1, 0.15) is 30.3 Å². The van der Waals surface area contributed by atoms with Gasteiger partial charge in [-0.1, -0.05) is 6.07 Å². The van der Waals surface area contributed by atoms with E-state index in [1.165, 1.54) is 6.33 Å². The molecule has 0 aliphatic carbocycles. The maximum Gasteiger partial charge on any atom is 0.344 e. The van der Waals surface area contributed by atoms with Crippen LogP contribution >= 0.6 is 0 Å². The molecule has 152 valence electrons. The summed E-state index contributed by atoms with van der Waals surface area (Å²) in [6.45, 7) is 5.70. The van der Waals surface area contributed by atoms with Crippen LogP contribution in [-0.4, -0.2) is 44.7 Å². The lowest BCUT2D eigenvalue weighted by molar-refractivity contribution is -0.145. The minimum Gasteiger partial charge on any atom is -0.482 e. The molecule has 0 fully saturated rings. The largest absolute Gasteiger partial charge is 0.482 e. The molecule has 0 spiro atoms. The summed E-state index contributed by atoms with van der Waals surface area (Å²) in [5.74, 6) is 0.451. The van der Waals surface area contributed by atoms with Crippen molar-refractivity contribution in [3.05, 3.63) is 47.5 Å². The van der Waals surface area contributed by atoms with Crippen molar-refractivity contribution >= 4 is 23.3 Å². The highest BCUT2D eigenvalue weighted by Crippen LogP contribution is 2.19. The van der Waals surface area contributed by atoms with Gasteiger partial charge in [0, 0.05) is 29.6 Å². The predicted molar refractivity (Wildman–Crippen MR) is 106 cm³/mol. The highest BCUT2D eigenvalue weighted by molar-refractivity contribution is 5.91. The summed E-state index contributed by atoms with van der Waals surface area (Å²) in [5.41, 5.74) is 3.33. The molecule has 3 aromatic rings. The zero-order chi connectivity index (χ0) is 20.8. The lowest BCUT2D eigenvalue weighted by Gasteiger charge is -2.11. The van der Waals surface area contributed by atoms with Crippen molar-refractivity contribution in [1.29, 1.82) is 0 Å². The summed E-state index contributed by atoms with van der Waals surface area (Å²) in [5, 5.41) is 7.01. The molecule has 1 amide bonds. The van der Waals surface area contributed by atoms with E-state index >= 15 is 0 Å². The van der Waals surface area contributed by atoms with Crippen LogP contribution in [0.5, 0.6) is 5.75 Å². The van der Waals surface area contributed by atoms with Gasteiger partial charge in [0.2, 0.25) is 5.91 Å². The Kier molecular flexibility index (Phi) is 6.38. The van der Waals surface area contributed by atoms with E-state index in [1.807, 2.05) is 13.8 Å². The van der Waals surface area contributed by atoms with Crippen molar-refractivity contribution in [2.24, 2.45) is 0 Å². The Morgan fingerprint density at radius 3 is 2.86 bits per heavy atom. The second kappa shape index (κ2) is 9.13. The number of anilines is 1. The maximum absolute atomic E-state index is 12.4. The zero-order valence-electron chi connectivity index (χ0n) is 16.6. The number of aryl methyl sites for hydroxylation is 2. The molecule has 0 aliphatic rings. The standard InChI is InChI=1S/C20H23N5O4/c1-4-28-19(27)11-29-16-7-5-6-15(10-16)24-18(26)9-8-17-13(2)23-20-21-12-22-25(20)14(17)3/h5-7,10,12H,4,8-9,11H2,1-3H3,(H,24,26). The minimum atomic E-state index is -0.439. The number of amides is 1. The van der Waals surface area contributed by atoms with E-state index in [4.69, 9.17) is 9.47 Å². The number of rotatable bonds is 8. The highest BCUT2D eigenvalue weighted by atomic mass is 16.6. The van der Waals surface area contributed by atoms with E-state index in [1.54, 1.807) is 35.7 Å². The molecule has 2 heterocycles. The average Bonchev–Trinajstić information content (AvgIpc) is 3.15. The summed E-state index contributed by atoms with van der Waals surface area (Å²) in [7, 11) is 0. The number of hydrogen-bond donors (Lipinski definition) is 1. The monoisotopic (exact) mass is 397 g/mol.